The van der Waals surface area contributed by atoms with Crippen molar-refractivity contribution in [2.45, 2.75) is 19.3 Å². The molecule has 1 aliphatic heterocycles. The highest BCUT2D eigenvalue weighted by molar-refractivity contribution is 6.30. The monoisotopic (exact) mass is 239 g/mol. The van der Waals surface area contributed by atoms with Crippen LogP contribution in [0.2, 0.25) is 5.02 Å². The van der Waals surface area contributed by atoms with Crippen LogP contribution in [-0.4, -0.2) is 24.1 Å². The Kier molecular flexibility index (Phi) is 3.80. The van der Waals surface area contributed by atoms with Gasteiger partial charge in [0.15, 0.2) is 0 Å². The zero-order valence-corrected chi connectivity index (χ0v) is 9.74. The van der Waals surface area contributed by atoms with Crippen molar-refractivity contribution in [1.82, 2.24) is 5.06 Å². The number of amides is 1. The molecule has 1 amide bonds. The Morgan fingerprint density at radius 1 is 1.31 bits per heavy atom. The predicted molar refractivity (Wildman–Crippen MR) is 62.1 cm³/mol. The van der Waals surface area contributed by atoms with Crippen LogP contribution in [-0.2, 0) is 16.1 Å². The lowest BCUT2D eigenvalue weighted by molar-refractivity contribution is -0.196. The zero-order chi connectivity index (χ0) is 11.4. The molecule has 0 N–H and O–H groups in total. The summed E-state index contributed by atoms with van der Waals surface area (Å²) in [4.78, 5) is 17.1. The quantitative estimate of drug-likeness (QED) is 0.793. The molecule has 1 aromatic carbocycles. The molecule has 86 valence electrons. The van der Waals surface area contributed by atoms with Gasteiger partial charge in [-0.05, 0) is 30.5 Å². The molecule has 0 bridgehead atoms. The summed E-state index contributed by atoms with van der Waals surface area (Å²) in [5.41, 5.74) is 0.962. The van der Waals surface area contributed by atoms with Gasteiger partial charge in [-0.1, -0.05) is 23.7 Å². The van der Waals surface area contributed by atoms with Gasteiger partial charge >= 0.3 is 0 Å². The molecule has 0 unspecified atom stereocenters. The van der Waals surface area contributed by atoms with Gasteiger partial charge in [0.1, 0.15) is 0 Å². The molecule has 1 fully saturated rings. The summed E-state index contributed by atoms with van der Waals surface area (Å²) >= 11 is 5.78. The molecular formula is C12H14ClNO2. The second-order valence-electron chi connectivity index (χ2n) is 3.84. The van der Waals surface area contributed by atoms with Gasteiger partial charge in [-0.15, -0.1) is 0 Å². The third-order valence-corrected chi connectivity index (χ3v) is 2.80. The molecule has 1 aliphatic rings. The van der Waals surface area contributed by atoms with Gasteiger partial charge in [0, 0.05) is 11.6 Å². The Labute approximate surface area is 99.9 Å². The first kappa shape index (κ1) is 11.4. The van der Waals surface area contributed by atoms with Gasteiger partial charge < -0.3 is 0 Å². The van der Waals surface area contributed by atoms with E-state index in [4.69, 9.17) is 16.4 Å². The van der Waals surface area contributed by atoms with Crippen molar-refractivity contribution in [3.05, 3.63) is 34.9 Å². The maximum atomic E-state index is 11.8. The van der Waals surface area contributed by atoms with Gasteiger partial charge in [0.05, 0.1) is 13.0 Å². The van der Waals surface area contributed by atoms with Crippen LogP contribution < -0.4 is 0 Å². The molecule has 1 saturated heterocycles. The standard InChI is InChI=1S/C12H14ClNO2/c13-11-5-3-10(4-6-11)9-12(15)14-7-1-2-8-16-14/h3-6H,1-2,7-9H2. The van der Waals surface area contributed by atoms with Crippen molar-refractivity contribution in [3.63, 3.8) is 0 Å². The topological polar surface area (TPSA) is 29.5 Å². The minimum atomic E-state index is 0.0158. The minimum Gasteiger partial charge on any atom is -0.272 e. The van der Waals surface area contributed by atoms with Gasteiger partial charge in [-0.25, -0.2) is 5.06 Å². The number of hydrogen-bond donors (Lipinski definition) is 0. The fourth-order valence-electron chi connectivity index (χ4n) is 1.66. The molecule has 0 spiro atoms. The maximum absolute atomic E-state index is 11.8. The molecule has 0 atom stereocenters. The van der Waals surface area contributed by atoms with Crippen LogP contribution in [0.3, 0.4) is 0 Å². The van der Waals surface area contributed by atoms with Gasteiger partial charge in [-0.2, -0.15) is 0 Å². The SMILES string of the molecule is O=C(Cc1ccc(Cl)cc1)N1CCCCO1. The highest BCUT2D eigenvalue weighted by Gasteiger charge is 2.17. The summed E-state index contributed by atoms with van der Waals surface area (Å²) in [5.74, 6) is 0.0158. The fourth-order valence-corrected chi connectivity index (χ4v) is 1.78. The summed E-state index contributed by atoms with van der Waals surface area (Å²) in [7, 11) is 0. The van der Waals surface area contributed by atoms with Gasteiger partial charge in [0.25, 0.3) is 5.91 Å². The largest absolute Gasteiger partial charge is 0.272 e. The van der Waals surface area contributed by atoms with Crippen LogP contribution in [0.15, 0.2) is 24.3 Å². The van der Waals surface area contributed by atoms with Gasteiger partial charge in [-0.3, -0.25) is 9.63 Å². The van der Waals surface area contributed by atoms with Crippen molar-refractivity contribution >= 4 is 17.5 Å². The molecule has 16 heavy (non-hydrogen) atoms. The van der Waals surface area contributed by atoms with E-state index in [1.54, 1.807) is 12.1 Å². The molecule has 1 aromatic rings. The number of halogens is 1. The minimum absolute atomic E-state index is 0.0158. The first-order valence-corrected chi connectivity index (χ1v) is 5.81. The summed E-state index contributed by atoms with van der Waals surface area (Å²) < 4.78 is 0. The van der Waals surface area contributed by atoms with Crippen LogP contribution >= 0.6 is 11.6 Å². The Morgan fingerprint density at radius 2 is 2.06 bits per heavy atom. The number of nitrogens with zero attached hydrogens (tertiary/aromatic N) is 1. The molecule has 2 rings (SSSR count). The lowest BCUT2D eigenvalue weighted by atomic mass is 10.1. The van der Waals surface area contributed by atoms with E-state index in [1.165, 1.54) is 5.06 Å². The number of hydrogen-bond acceptors (Lipinski definition) is 2. The summed E-state index contributed by atoms with van der Waals surface area (Å²) in [6, 6.07) is 7.32. The van der Waals surface area contributed by atoms with E-state index in [0.29, 0.717) is 24.6 Å². The first-order valence-electron chi connectivity index (χ1n) is 5.43. The Morgan fingerprint density at radius 3 is 2.69 bits per heavy atom. The van der Waals surface area contributed by atoms with Crippen LogP contribution in [0, 0.1) is 0 Å². The van der Waals surface area contributed by atoms with E-state index in [-0.39, 0.29) is 5.91 Å². The number of carbonyl (C=O) groups excluding carboxylic acids is 1. The van der Waals surface area contributed by atoms with E-state index in [1.807, 2.05) is 12.1 Å². The molecule has 3 nitrogen and oxygen atoms in total. The van der Waals surface area contributed by atoms with Crippen molar-refractivity contribution in [2.75, 3.05) is 13.2 Å². The molecule has 1 heterocycles. The van der Waals surface area contributed by atoms with Crippen molar-refractivity contribution in [1.29, 1.82) is 0 Å². The van der Waals surface area contributed by atoms with Gasteiger partial charge in [0.2, 0.25) is 0 Å². The Balaban J connectivity index is 1.93. The highest BCUT2D eigenvalue weighted by Crippen LogP contribution is 2.12. The lowest BCUT2D eigenvalue weighted by Crippen LogP contribution is -2.36. The number of benzene rings is 1. The van der Waals surface area contributed by atoms with E-state index >= 15 is 0 Å². The Hall–Kier alpha value is -1.06. The van der Waals surface area contributed by atoms with Crippen molar-refractivity contribution in [3.8, 4) is 0 Å². The maximum Gasteiger partial charge on any atom is 0.250 e. The van der Waals surface area contributed by atoms with Crippen molar-refractivity contribution in [2.24, 2.45) is 0 Å². The first-order chi connectivity index (χ1) is 7.75. The number of rotatable bonds is 2. The van der Waals surface area contributed by atoms with Crippen LogP contribution in [0.1, 0.15) is 18.4 Å². The third kappa shape index (κ3) is 2.97. The second kappa shape index (κ2) is 5.32. The number of hydroxylamine groups is 2. The molecule has 0 aromatic heterocycles. The summed E-state index contributed by atoms with van der Waals surface area (Å²) in [5, 5.41) is 2.16. The summed E-state index contributed by atoms with van der Waals surface area (Å²) in [6.07, 6.45) is 2.42. The molecular weight excluding hydrogens is 226 g/mol. The second-order valence-corrected chi connectivity index (χ2v) is 4.28. The lowest BCUT2D eigenvalue weighted by Gasteiger charge is -2.25. The highest BCUT2D eigenvalue weighted by atomic mass is 35.5. The van der Waals surface area contributed by atoms with Crippen LogP contribution in [0.5, 0.6) is 0 Å². The third-order valence-electron chi connectivity index (χ3n) is 2.55. The average Bonchev–Trinajstić information content (AvgIpc) is 2.33. The normalized spacial score (nSPS) is 16.2. The molecule has 0 radical (unpaired) electrons. The van der Waals surface area contributed by atoms with E-state index < -0.39 is 0 Å². The molecule has 0 saturated carbocycles. The van der Waals surface area contributed by atoms with Crippen molar-refractivity contribution < 1.29 is 9.63 Å². The smallest absolute Gasteiger partial charge is 0.250 e. The van der Waals surface area contributed by atoms with Crippen LogP contribution in [0.25, 0.3) is 0 Å². The summed E-state index contributed by atoms with van der Waals surface area (Å²) in [6.45, 7) is 1.35. The molecule has 0 aliphatic carbocycles. The van der Waals surface area contributed by atoms with E-state index in [0.717, 1.165) is 18.4 Å². The number of carbonyl (C=O) groups is 1. The van der Waals surface area contributed by atoms with E-state index in [9.17, 15) is 4.79 Å². The fraction of sp³-hybridized carbons (Fsp3) is 0.417. The van der Waals surface area contributed by atoms with Crippen LogP contribution in [0.4, 0.5) is 0 Å². The Bertz CT molecular complexity index is 358. The predicted octanol–water partition coefficient (Wildman–Crippen LogP) is 2.44. The average molecular weight is 240 g/mol. The molecule has 4 heteroatoms. The zero-order valence-electron chi connectivity index (χ0n) is 8.99. The van der Waals surface area contributed by atoms with E-state index in [2.05, 4.69) is 0 Å².